The first-order valence-electron chi connectivity index (χ1n) is 6.14. The van der Waals surface area contributed by atoms with Crippen molar-refractivity contribution in [3.05, 3.63) is 59.5 Å². The van der Waals surface area contributed by atoms with Crippen LogP contribution in [0.4, 0.5) is 4.39 Å². The molecular weight excluding hydrogens is 239 g/mol. The van der Waals surface area contributed by atoms with Gasteiger partial charge in [-0.2, -0.15) is 0 Å². The average Bonchev–Trinajstić information content (AvgIpc) is 2.38. The lowest BCUT2D eigenvalue weighted by Gasteiger charge is -2.06. The van der Waals surface area contributed by atoms with Crippen molar-refractivity contribution in [2.24, 2.45) is 0 Å². The highest BCUT2D eigenvalue weighted by molar-refractivity contribution is 5.82. The Kier molecular flexibility index (Phi) is 2.75. The Morgan fingerprint density at radius 3 is 2.37 bits per heavy atom. The van der Waals surface area contributed by atoms with Gasteiger partial charge in [0.05, 0.1) is 5.52 Å². The Morgan fingerprint density at radius 2 is 1.63 bits per heavy atom. The second kappa shape index (κ2) is 4.43. The SMILES string of the molecule is Cc1ccc(-c2nc(C)c3ccc(F)cc3n2)cc1. The second-order valence-corrected chi connectivity index (χ2v) is 4.66. The van der Waals surface area contributed by atoms with Crippen LogP contribution in [0.25, 0.3) is 22.3 Å². The van der Waals surface area contributed by atoms with Crippen molar-refractivity contribution in [2.45, 2.75) is 13.8 Å². The van der Waals surface area contributed by atoms with E-state index in [0.29, 0.717) is 11.3 Å². The highest BCUT2D eigenvalue weighted by Crippen LogP contribution is 2.22. The maximum absolute atomic E-state index is 13.3. The van der Waals surface area contributed by atoms with Crippen molar-refractivity contribution in [2.75, 3.05) is 0 Å². The van der Waals surface area contributed by atoms with Gasteiger partial charge in [0.15, 0.2) is 5.82 Å². The van der Waals surface area contributed by atoms with Crippen molar-refractivity contribution >= 4 is 10.9 Å². The molecule has 0 aliphatic heterocycles. The predicted octanol–water partition coefficient (Wildman–Crippen LogP) is 4.05. The Bertz CT molecular complexity index is 749. The van der Waals surface area contributed by atoms with Crippen molar-refractivity contribution in [1.29, 1.82) is 0 Å². The van der Waals surface area contributed by atoms with Gasteiger partial charge in [-0.15, -0.1) is 0 Å². The molecule has 0 radical (unpaired) electrons. The highest BCUT2D eigenvalue weighted by Gasteiger charge is 2.07. The van der Waals surface area contributed by atoms with E-state index in [-0.39, 0.29) is 5.82 Å². The van der Waals surface area contributed by atoms with E-state index in [4.69, 9.17) is 0 Å². The minimum absolute atomic E-state index is 0.277. The summed E-state index contributed by atoms with van der Waals surface area (Å²) >= 11 is 0. The summed E-state index contributed by atoms with van der Waals surface area (Å²) in [6, 6.07) is 12.6. The van der Waals surface area contributed by atoms with Gasteiger partial charge in [-0.1, -0.05) is 29.8 Å². The molecule has 0 aliphatic rings. The molecule has 0 saturated heterocycles. The lowest BCUT2D eigenvalue weighted by Crippen LogP contribution is -1.94. The third kappa shape index (κ3) is 2.19. The van der Waals surface area contributed by atoms with Crippen LogP contribution >= 0.6 is 0 Å². The summed E-state index contributed by atoms with van der Waals surface area (Å²) in [6.45, 7) is 3.95. The number of aromatic nitrogens is 2. The van der Waals surface area contributed by atoms with Crippen LogP contribution in [-0.4, -0.2) is 9.97 Å². The van der Waals surface area contributed by atoms with E-state index in [9.17, 15) is 4.39 Å². The molecular formula is C16H13FN2. The maximum Gasteiger partial charge on any atom is 0.160 e. The fourth-order valence-electron chi connectivity index (χ4n) is 2.09. The number of fused-ring (bicyclic) bond motifs is 1. The average molecular weight is 252 g/mol. The van der Waals surface area contributed by atoms with Gasteiger partial charge in [-0.05, 0) is 26.0 Å². The number of hydrogen-bond donors (Lipinski definition) is 0. The van der Waals surface area contributed by atoms with Crippen molar-refractivity contribution in [3.63, 3.8) is 0 Å². The summed E-state index contributed by atoms with van der Waals surface area (Å²) in [4.78, 5) is 8.94. The van der Waals surface area contributed by atoms with Crippen LogP contribution in [0.1, 0.15) is 11.3 Å². The van der Waals surface area contributed by atoms with Crippen LogP contribution in [0.2, 0.25) is 0 Å². The van der Waals surface area contributed by atoms with E-state index in [2.05, 4.69) is 9.97 Å². The maximum atomic E-state index is 13.3. The molecule has 0 saturated carbocycles. The molecule has 3 rings (SSSR count). The first-order chi connectivity index (χ1) is 9.13. The van der Waals surface area contributed by atoms with Crippen LogP contribution in [0.15, 0.2) is 42.5 Å². The summed E-state index contributed by atoms with van der Waals surface area (Å²) in [5.74, 6) is 0.357. The molecule has 19 heavy (non-hydrogen) atoms. The Labute approximate surface area is 111 Å². The quantitative estimate of drug-likeness (QED) is 0.653. The predicted molar refractivity (Wildman–Crippen MR) is 74.4 cm³/mol. The largest absolute Gasteiger partial charge is 0.233 e. The van der Waals surface area contributed by atoms with E-state index >= 15 is 0 Å². The van der Waals surface area contributed by atoms with Crippen molar-refractivity contribution in [1.82, 2.24) is 9.97 Å². The van der Waals surface area contributed by atoms with E-state index in [0.717, 1.165) is 16.6 Å². The molecule has 3 aromatic rings. The second-order valence-electron chi connectivity index (χ2n) is 4.66. The van der Waals surface area contributed by atoms with Crippen LogP contribution < -0.4 is 0 Å². The number of benzene rings is 2. The molecule has 0 unspecified atom stereocenters. The van der Waals surface area contributed by atoms with Crippen LogP contribution in [0, 0.1) is 19.7 Å². The monoisotopic (exact) mass is 252 g/mol. The molecule has 3 heteroatoms. The zero-order valence-electron chi connectivity index (χ0n) is 10.8. The first-order valence-corrected chi connectivity index (χ1v) is 6.14. The molecule has 0 bridgehead atoms. The highest BCUT2D eigenvalue weighted by atomic mass is 19.1. The third-order valence-electron chi connectivity index (χ3n) is 3.16. The lowest BCUT2D eigenvalue weighted by molar-refractivity contribution is 0.629. The summed E-state index contributed by atoms with van der Waals surface area (Å²) < 4.78 is 13.3. The summed E-state index contributed by atoms with van der Waals surface area (Å²) in [5.41, 5.74) is 3.64. The first kappa shape index (κ1) is 11.8. The smallest absolute Gasteiger partial charge is 0.160 e. The van der Waals surface area contributed by atoms with Gasteiger partial charge in [-0.25, -0.2) is 14.4 Å². The molecule has 0 aliphatic carbocycles. The van der Waals surface area contributed by atoms with Gasteiger partial charge in [0.2, 0.25) is 0 Å². The summed E-state index contributed by atoms with van der Waals surface area (Å²) in [5, 5.41) is 0.886. The number of rotatable bonds is 1. The van der Waals surface area contributed by atoms with Crippen molar-refractivity contribution in [3.8, 4) is 11.4 Å². The zero-order chi connectivity index (χ0) is 13.4. The van der Waals surface area contributed by atoms with Crippen LogP contribution in [0.3, 0.4) is 0 Å². The minimum Gasteiger partial charge on any atom is -0.233 e. The molecule has 2 nitrogen and oxygen atoms in total. The van der Waals surface area contributed by atoms with Gasteiger partial charge in [0, 0.05) is 22.7 Å². The third-order valence-corrected chi connectivity index (χ3v) is 3.16. The molecule has 0 spiro atoms. The normalized spacial score (nSPS) is 10.9. The molecule has 0 amide bonds. The van der Waals surface area contributed by atoms with Gasteiger partial charge < -0.3 is 0 Å². The molecule has 0 atom stereocenters. The fourth-order valence-corrected chi connectivity index (χ4v) is 2.09. The Hall–Kier alpha value is -2.29. The molecule has 1 heterocycles. The fraction of sp³-hybridized carbons (Fsp3) is 0.125. The van der Waals surface area contributed by atoms with Crippen LogP contribution in [0.5, 0.6) is 0 Å². The lowest BCUT2D eigenvalue weighted by atomic mass is 10.1. The number of hydrogen-bond acceptors (Lipinski definition) is 2. The van der Waals surface area contributed by atoms with Gasteiger partial charge in [0.1, 0.15) is 5.82 Å². The molecule has 1 aromatic heterocycles. The zero-order valence-corrected chi connectivity index (χ0v) is 10.8. The van der Waals surface area contributed by atoms with E-state index in [1.54, 1.807) is 6.07 Å². The van der Waals surface area contributed by atoms with Gasteiger partial charge >= 0.3 is 0 Å². The number of halogens is 1. The molecule has 0 fully saturated rings. The Morgan fingerprint density at radius 1 is 0.895 bits per heavy atom. The van der Waals surface area contributed by atoms with Crippen LogP contribution in [-0.2, 0) is 0 Å². The Balaban J connectivity index is 2.22. The van der Waals surface area contributed by atoms with E-state index < -0.39 is 0 Å². The summed E-state index contributed by atoms with van der Waals surface area (Å²) in [6.07, 6.45) is 0. The topological polar surface area (TPSA) is 25.8 Å². The van der Waals surface area contributed by atoms with Gasteiger partial charge in [0.25, 0.3) is 0 Å². The number of aryl methyl sites for hydroxylation is 2. The summed E-state index contributed by atoms with van der Waals surface area (Å²) in [7, 11) is 0. The standard InChI is InChI=1S/C16H13FN2/c1-10-3-5-12(6-4-10)16-18-11(2)14-8-7-13(17)9-15(14)19-16/h3-9H,1-2H3. The molecule has 2 aromatic carbocycles. The van der Waals surface area contributed by atoms with E-state index in [1.807, 2.05) is 38.1 Å². The van der Waals surface area contributed by atoms with Gasteiger partial charge in [-0.3, -0.25) is 0 Å². The molecule has 94 valence electrons. The minimum atomic E-state index is -0.277. The van der Waals surface area contributed by atoms with Crippen molar-refractivity contribution < 1.29 is 4.39 Å². The number of nitrogens with zero attached hydrogens (tertiary/aromatic N) is 2. The van der Waals surface area contributed by atoms with E-state index in [1.165, 1.54) is 17.7 Å². The molecule has 0 N–H and O–H groups in total.